The fourth-order valence-corrected chi connectivity index (χ4v) is 2.22. The Morgan fingerprint density at radius 3 is 1.45 bits per heavy atom. The highest BCUT2D eigenvalue weighted by Crippen LogP contribution is 2.25. The lowest BCUT2D eigenvalue weighted by Crippen LogP contribution is -1.91. The first-order valence-corrected chi connectivity index (χ1v) is 7.51. The zero-order valence-corrected chi connectivity index (χ0v) is 12.7. The van der Waals surface area contributed by atoms with Gasteiger partial charge in [-0.25, -0.2) is 0 Å². The number of amides is 2. The number of rotatable bonds is 8. The standard InChI is InChI=1S/2C8H13NO/c2*1-3-5-6-7-8(10)9(7)4-2/h2*4,7H,2-3,5-6H2,1H3. The summed E-state index contributed by atoms with van der Waals surface area (Å²) in [4.78, 5) is 25.0. The summed E-state index contributed by atoms with van der Waals surface area (Å²) in [5.41, 5.74) is 0. The van der Waals surface area contributed by atoms with Crippen LogP contribution in [0.25, 0.3) is 0 Å². The van der Waals surface area contributed by atoms with Crippen molar-refractivity contribution in [2.24, 2.45) is 0 Å². The van der Waals surface area contributed by atoms with Gasteiger partial charge in [0.1, 0.15) is 12.1 Å². The van der Waals surface area contributed by atoms with Crippen LogP contribution in [0.5, 0.6) is 0 Å². The first-order valence-electron chi connectivity index (χ1n) is 7.51. The van der Waals surface area contributed by atoms with Crippen molar-refractivity contribution < 1.29 is 9.59 Å². The van der Waals surface area contributed by atoms with Gasteiger partial charge in [-0.2, -0.15) is 0 Å². The maximum absolute atomic E-state index is 10.8. The fourth-order valence-electron chi connectivity index (χ4n) is 2.22. The SMILES string of the molecule is C=CN1C(=O)C1CCCC.C=CN1C(=O)C1CCCC. The second-order valence-electron chi connectivity index (χ2n) is 5.17. The van der Waals surface area contributed by atoms with Gasteiger partial charge in [0.25, 0.3) is 0 Å². The third-order valence-electron chi connectivity index (χ3n) is 3.67. The minimum Gasteiger partial charge on any atom is -0.305 e. The summed E-state index contributed by atoms with van der Waals surface area (Å²) in [6.45, 7) is 11.3. The molecule has 0 bridgehead atoms. The van der Waals surface area contributed by atoms with Crippen LogP contribution in [0.15, 0.2) is 25.6 Å². The van der Waals surface area contributed by atoms with Gasteiger partial charge in [-0.15, -0.1) is 0 Å². The van der Waals surface area contributed by atoms with Gasteiger partial charge in [0.15, 0.2) is 0 Å². The van der Waals surface area contributed by atoms with Crippen LogP contribution in [0.1, 0.15) is 52.4 Å². The van der Waals surface area contributed by atoms with Crippen molar-refractivity contribution in [1.82, 2.24) is 9.80 Å². The van der Waals surface area contributed by atoms with Gasteiger partial charge in [0.05, 0.1) is 0 Å². The second kappa shape index (κ2) is 7.88. The molecule has 0 aromatic carbocycles. The molecule has 0 aromatic heterocycles. The molecule has 112 valence electrons. The van der Waals surface area contributed by atoms with Crippen molar-refractivity contribution in [3.05, 3.63) is 25.6 Å². The van der Waals surface area contributed by atoms with E-state index in [1.54, 1.807) is 22.2 Å². The van der Waals surface area contributed by atoms with Crippen molar-refractivity contribution in [3.63, 3.8) is 0 Å². The summed E-state index contributed by atoms with van der Waals surface area (Å²) in [6.07, 6.45) is 9.83. The maximum Gasteiger partial charge on any atom is 0.250 e. The minimum atomic E-state index is 0.178. The first kappa shape index (κ1) is 16.5. The monoisotopic (exact) mass is 278 g/mol. The lowest BCUT2D eigenvalue weighted by Gasteiger charge is -1.91. The first-order chi connectivity index (χ1) is 9.62. The van der Waals surface area contributed by atoms with Crippen LogP contribution in [0.2, 0.25) is 0 Å². The lowest BCUT2D eigenvalue weighted by molar-refractivity contribution is -0.114. The number of carbonyl (C=O) groups excluding carboxylic acids is 2. The molecule has 0 saturated carbocycles. The molecule has 2 heterocycles. The summed E-state index contributed by atoms with van der Waals surface area (Å²) in [5, 5.41) is 0. The zero-order chi connectivity index (χ0) is 15.1. The molecule has 0 N–H and O–H groups in total. The normalized spacial score (nSPS) is 23.1. The summed E-state index contributed by atoms with van der Waals surface area (Å²) >= 11 is 0. The molecule has 2 amide bonds. The predicted molar refractivity (Wildman–Crippen MR) is 80.7 cm³/mol. The van der Waals surface area contributed by atoms with Crippen LogP contribution in [0.3, 0.4) is 0 Å². The van der Waals surface area contributed by atoms with E-state index in [0.717, 1.165) is 38.5 Å². The van der Waals surface area contributed by atoms with E-state index >= 15 is 0 Å². The molecular formula is C16H26N2O2. The van der Waals surface area contributed by atoms with Gasteiger partial charge in [-0.1, -0.05) is 52.7 Å². The molecule has 2 saturated heterocycles. The highest BCUT2D eigenvalue weighted by Gasteiger charge is 2.43. The van der Waals surface area contributed by atoms with Gasteiger partial charge in [-0.3, -0.25) is 9.59 Å². The van der Waals surface area contributed by atoms with Crippen LogP contribution in [-0.4, -0.2) is 33.7 Å². The average Bonchev–Trinajstić information content (AvgIpc) is 3.30. The van der Waals surface area contributed by atoms with E-state index in [4.69, 9.17) is 0 Å². The Morgan fingerprint density at radius 1 is 0.900 bits per heavy atom. The fraction of sp³-hybridized carbons (Fsp3) is 0.625. The molecule has 2 atom stereocenters. The van der Waals surface area contributed by atoms with Crippen LogP contribution < -0.4 is 0 Å². The molecule has 2 aliphatic heterocycles. The quantitative estimate of drug-likeness (QED) is 0.640. The van der Waals surface area contributed by atoms with E-state index in [9.17, 15) is 9.59 Å². The molecule has 2 unspecified atom stereocenters. The molecule has 4 nitrogen and oxygen atoms in total. The van der Waals surface area contributed by atoms with Crippen molar-refractivity contribution in [2.75, 3.05) is 0 Å². The van der Waals surface area contributed by atoms with Crippen LogP contribution in [-0.2, 0) is 9.59 Å². The molecule has 0 spiro atoms. The van der Waals surface area contributed by atoms with Gasteiger partial charge in [0, 0.05) is 12.4 Å². The number of carbonyl (C=O) groups is 2. The van der Waals surface area contributed by atoms with Crippen molar-refractivity contribution in [2.45, 2.75) is 64.5 Å². The third-order valence-corrected chi connectivity index (χ3v) is 3.67. The Morgan fingerprint density at radius 2 is 1.25 bits per heavy atom. The van der Waals surface area contributed by atoms with E-state index < -0.39 is 0 Å². The maximum atomic E-state index is 10.8. The van der Waals surface area contributed by atoms with Crippen LogP contribution >= 0.6 is 0 Å². The largest absolute Gasteiger partial charge is 0.305 e. The number of unbranched alkanes of at least 4 members (excludes halogenated alkanes) is 2. The Hall–Kier alpha value is -1.58. The molecule has 2 fully saturated rings. The zero-order valence-electron chi connectivity index (χ0n) is 12.7. The van der Waals surface area contributed by atoms with E-state index in [0.29, 0.717) is 0 Å². The van der Waals surface area contributed by atoms with Crippen molar-refractivity contribution in [3.8, 4) is 0 Å². The smallest absolute Gasteiger partial charge is 0.250 e. The summed E-state index contributed by atoms with van der Waals surface area (Å²) in [6, 6.07) is 0.356. The molecule has 4 heteroatoms. The second-order valence-corrected chi connectivity index (χ2v) is 5.17. The third kappa shape index (κ3) is 4.22. The lowest BCUT2D eigenvalue weighted by atomic mass is 10.2. The van der Waals surface area contributed by atoms with Gasteiger partial charge >= 0.3 is 0 Å². The van der Waals surface area contributed by atoms with E-state index in [2.05, 4.69) is 27.0 Å². The summed E-state index contributed by atoms with van der Waals surface area (Å²) in [7, 11) is 0. The predicted octanol–water partition coefficient (Wildman–Crippen LogP) is 3.06. The molecule has 2 aliphatic rings. The van der Waals surface area contributed by atoms with Gasteiger partial charge in [-0.05, 0) is 12.8 Å². The van der Waals surface area contributed by atoms with Gasteiger partial charge < -0.3 is 9.80 Å². The molecule has 0 radical (unpaired) electrons. The Bertz CT molecular complexity index is 343. The Balaban J connectivity index is 0.000000200. The van der Waals surface area contributed by atoms with Crippen LogP contribution in [0, 0.1) is 0 Å². The molecular weight excluding hydrogens is 252 g/mol. The number of hydrogen-bond donors (Lipinski definition) is 0. The highest BCUT2D eigenvalue weighted by molar-refractivity contribution is 5.98. The molecule has 0 aliphatic carbocycles. The number of hydrogen-bond acceptors (Lipinski definition) is 2. The molecule has 0 aromatic rings. The van der Waals surface area contributed by atoms with Crippen LogP contribution in [0.4, 0.5) is 0 Å². The summed E-state index contributed by atoms with van der Waals surface area (Å²) in [5.74, 6) is 0.479. The average molecular weight is 278 g/mol. The van der Waals surface area contributed by atoms with Crippen molar-refractivity contribution >= 4 is 11.8 Å². The topological polar surface area (TPSA) is 40.2 Å². The Kier molecular flexibility index (Phi) is 6.49. The van der Waals surface area contributed by atoms with E-state index in [1.807, 2.05) is 0 Å². The molecule has 2 rings (SSSR count). The highest BCUT2D eigenvalue weighted by atomic mass is 16.2. The minimum absolute atomic E-state index is 0.178. The van der Waals surface area contributed by atoms with E-state index in [1.165, 1.54) is 0 Å². The number of nitrogens with zero attached hydrogens (tertiary/aromatic N) is 2. The van der Waals surface area contributed by atoms with E-state index in [-0.39, 0.29) is 23.9 Å². The summed E-state index contributed by atoms with van der Waals surface area (Å²) < 4.78 is 0. The molecule has 20 heavy (non-hydrogen) atoms. The van der Waals surface area contributed by atoms with Crippen molar-refractivity contribution in [1.29, 1.82) is 0 Å². The van der Waals surface area contributed by atoms with Gasteiger partial charge in [0.2, 0.25) is 11.8 Å². The Labute approximate surface area is 122 Å².